The van der Waals surface area contributed by atoms with E-state index in [1.165, 1.54) is 0 Å². The standard InChI is InChI=1S/C17H15BrO2/c1-2-6-14-11-15(18)9-10-17(14)20-12-16(19)13-7-4-3-5-8-13/h2-5,7-11H,1,6,12H2. The topological polar surface area (TPSA) is 26.3 Å². The van der Waals surface area contributed by atoms with E-state index in [9.17, 15) is 4.79 Å². The van der Waals surface area contributed by atoms with Crippen LogP contribution in [-0.2, 0) is 6.42 Å². The van der Waals surface area contributed by atoms with Crippen LogP contribution in [0.1, 0.15) is 15.9 Å². The Morgan fingerprint density at radius 3 is 2.65 bits per heavy atom. The fraction of sp³-hybridized carbons (Fsp3) is 0.118. The number of rotatable bonds is 6. The third kappa shape index (κ3) is 3.81. The summed E-state index contributed by atoms with van der Waals surface area (Å²) in [5.41, 5.74) is 1.67. The van der Waals surface area contributed by atoms with Crippen LogP contribution in [0, 0.1) is 0 Å². The molecule has 0 unspecified atom stereocenters. The Labute approximate surface area is 127 Å². The minimum atomic E-state index is -0.0296. The number of halogens is 1. The molecule has 2 rings (SSSR count). The number of carbonyl (C=O) groups excluding carboxylic acids is 1. The average Bonchev–Trinajstić information content (AvgIpc) is 2.47. The molecule has 102 valence electrons. The first kappa shape index (κ1) is 14.5. The van der Waals surface area contributed by atoms with E-state index in [-0.39, 0.29) is 12.4 Å². The lowest BCUT2D eigenvalue weighted by Crippen LogP contribution is -2.12. The Bertz CT molecular complexity index is 606. The van der Waals surface area contributed by atoms with Crippen molar-refractivity contribution in [2.24, 2.45) is 0 Å². The molecule has 2 nitrogen and oxygen atoms in total. The predicted octanol–water partition coefficient (Wildman–Crippen LogP) is 4.44. The summed E-state index contributed by atoms with van der Waals surface area (Å²) in [4.78, 5) is 12.0. The maximum absolute atomic E-state index is 12.0. The molecule has 0 radical (unpaired) electrons. The Balaban J connectivity index is 2.07. The maximum atomic E-state index is 12.0. The first-order valence-electron chi connectivity index (χ1n) is 6.31. The summed E-state index contributed by atoms with van der Waals surface area (Å²) in [6, 6.07) is 14.9. The van der Waals surface area contributed by atoms with E-state index < -0.39 is 0 Å². The zero-order valence-corrected chi connectivity index (χ0v) is 12.6. The zero-order chi connectivity index (χ0) is 14.4. The Hall–Kier alpha value is -1.87. The minimum absolute atomic E-state index is 0.0296. The summed E-state index contributed by atoms with van der Waals surface area (Å²) >= 11 is 3.43. The minimum Gasteiger partial charge on any atom is -0.485 e. The molecule has 0 aliphatic carbocycles. The molecule has 0 saturated carbocycles. The van der Waals surface area contributed by atoms with Gasteiger partial charge in [0.1, 0.15) is 5.75 Å². The number of hydrogen-bond acceptors (Lipinski definition) is 2. The number of carbonyl (C=O) groups is 1. The molecule has 0 N–H and O–H groups in total. The Morgan fingerprint density at radius 2 is 1.95 bits per heavy atom. The van der Waals surface area contributed by atoms with E-state index >= 15 is 0 Å². The van der Waals surface area contributed by atoms with Crippen molar-refractivity contribution in [1.82, 2.24) is 0 Å². The number of benzene rings is 2. The third-order valence-corrected chi connectivity index (χ3v) is 3.33. The lowest BCUT2D eigenvalue weighted by Gasteiger charge is -2.10. The molecule has 0 aliphatic rings. The molecule has 0 fully saturated rings. The van der Waals surface area contributed by atoms with Gasteiger partial charge >= 0.3 is 0 Å². The second-order valence-corrected chi connectivity index (χ2v) is 5.24. The quantitative estimate of drug-likeness (QED) is 0.578. The molecule has 0 saturated heterocycles. The summed E-state index contributed by atoms with van der Waals surface area (Å²) in [5.74, 6) is 0.690. The molecule has 0 atom stereocenters. The van der Waals surface area contributed by atoms with Crippen LogP contribution in [0.2, 0.25) is 0 Å². The second-order valence-electron chi connectivity index (χ2n) is 4.32. The Kier molecular flexibility index (Phi) is 5.13. The van der Waals surface area contributed by atoms with Crippen molar-refractivity contribution in [1.29, 1.82) is 0 Å². The average molecular weight is 331 g/mol. The number of Topliss-reactive ketones (excluding diaryl/α,β-unsaturated/α-hetero) is 1. The number of hydrogen-bond donors (Lipinski definition) is 0. The first-order valence-corrected chi connectivity index (χ1v) is 7.10. The van der Waals surface area contributed by atoms with Crippen LogP contribution in [0.15, 0.2) is 65.7 Å². The van der Waals surface area contributed by atoms with Crippen LogP contribution in [0.3, 0.4) is 0 Å². The van der Waals surface area contributed by atoms with Crippen molar-refractivity contribution in [3.63, 3.8) is 0 Å². The van der Waals surface area contributed by atoms with Gasteiger partial charge in [0.2, 0.25) is 0 Å². The van der Waals surface area contributed by atoms with E-state index in [0.29, 0.717) is 12.0 Å². The van der Waals surface area contributed by atoms with E-state index in [4.69, 9.17) is 4.74 Å². The van der Waals surface area contributed by atoms with Gasteiger partial charge in [-0.15, -0.1) is 6.58 Å². The van der Waals surface area contributed by atoms with Gasteiger partial charge in [0.15, 0.2) is 12.4 Å². The highest BCUT2D eigenvalue weighted by Crippen LogP contribution is 2.24. The van der Waals surface area contributed by atoms with Gasteiger partial charge in [-0.2, -0.15) is 0 Å². The van der Waals surface area contributed by atoms with Crippen molar-refractivity contribution in [2.45, 2.75) is 6.42 Å². The summed E-state index contributed by atoms with van der Waals surface area (Å²) < 4.78 is 6.63. The van der Waals surface area contributed by atoms with Gasteiger partial charge in [-0.3, -0.25) is 4.79 Å². The van der Waals surface area contributed by atoms with Gasteiger partial charge in [0.05, 0.1) is 0 Å². The summed E-state index contributed by atoms with van der Waals surface area (Å²) in [7, 11) is 0. The van der Waals surface area contributed by atoms with E-state index in [1.54, 1.807) is 12.1 Å². The molecular weight excluding hydrogens is 316 g/mol. The van der Waals surface area contributed by atoms with Crippen LogP contribution in [0.4, 0.5) is 0 Å². The molecule has 2 aromatic carbocycles. The lowest BCUT2D eigenvalue weighted by molar-refractivity contribution is 0.0921. The van der Waals surface area contributed by atoms with Crippen LogP contribution in [0.5, 0.6) is 5.75 Å². The van der Waals surface area contributed by atoms with E-state index in [2.05, 4.69) is 22.5 Å². The smallest absolute Gasteiger partial charge is 0.200 e. The second kappa shape index (κ2) is 7.06. The van der Waals surface area contributed by atoms with Crippen LogP contribution < -0.4 is 4.74 Å². The van der Waals surface area contributed by atoms with Crippen molar-refractivity contribution < 1.29 is 9.53 Å². The third-order valence-electron chi connectivity index (χ3n) is 2.84. The molecule has 0 amide bonds. The van der Waals surface area contributed by atoms with Crippen molar-refractivity contribution >= 4 is 21.7 Å². The molecule has 0 aliphatic heterocycles. The van der Waals surface area contributed by atoms with Gasteiger partial charge in [0, 0.05) is 10.0 Å². The molecule has 3 heteroatoms. The molecule has 0 spiro atoms. The number of ketones is 1. The normalized spacial score (nSPS) is 10.1. The van der Waals surface area contributed by atoms with Crippen molar-refractivity contribution in [3.05, 3.63) is 76.8 Å². The van der Waals surface area contributed by atoms with Crippen LogP contribution in [-0.4, -0.2) is 12.4 Å². The Morgan fingerprint density at radius 1 is 1.20 bits per heavy atom. The lowest BCUT2D eigenvalue weighted by atomic mass is 10.1. The predicted molar refractivity (Wildman–Crippen MR) is 84.3 cm³/mol. The zero-order valence-electron chi connectivity index (χ0n) is 11.0. The van der Waals surface area contributed by atoms with Gasteiger partial charge in [-0.25, -0.2) is 0 Å². The summed E-state index contributed by atoms with van der Waals surface area (Å²) in [6.45, 7) is 3.77. The highest BCUT2D eigenvalue weighted by atomic mass is 79.9. The molecule has 0 bridgehead atoms. The largest absolute Gasteiger partial charge is 0.485 e. The fourth-order valence-electron chi connectivity index (χ4n) is 1.85. The van der Waals surface area contributed by atoms with Gasteiger partial charge in [-0.1, -0.05) is 52.3 Å². The van der Waals surface area contributed by atoms with E-state index in [0.717, 1.165) is 15.8 Å². The highest BCUT2D eigenvalue weighted by Gasteiger charge is 2.08. The SMILES string of the molecule is C=CCc1cc(Br)ccc1OCC(=O)c1ccccc1. The van der Waals surface area contributed by atoms with E-state index in [1.807, 2.05) is 42.5 Å². The maximum Gasteiger partial charge on any atom is 0.200 e. The highest BCUT2D eigenvalue weighted by molar-refractivity contribution is 9.10. The summed E-state index contributed by atoms with van der Waals surface area (Å²) in [5, 5.41) is 0. The molecular formula is C17H15BrO2. The number of allylic oxidation sites excluding steroid dienone is 1. The molecule has 2 aromatic rings. The molecule has 20 heavy (non-hydrogen) atoms. The summed E-state index contributed by atoms with van der Waals surface area (Å²) in [6.07, 6.45) is 2.52. The van der Waals surface area contributed by atoms with Gasteiger partial charge in [-0.05, 0) is 30.2 Å². The first-order chi connectivity index (χ1) is 9.70. The number of ether oxygens (including phenoxy) is 1. The molecule has 0 aromatic heterocycles. The van der Waals surface area contributed by atoms with Crippen molar-refractivity contribution in [2.75, 3.05) is 6.61 Å². The monoisotopic (exact) mass is 330 g/mol. The van der Waals surface area contributed by atoms with Crippen LogP contribution >= 0.6 is 15.9 Å². The van der Waals surface area contributed by atoms with Crippen LogP contribution in [0.25, 0.3) is 0 Å². The molecule has 0 heterocycles. The van der Waals surface area contributed by atoms with Crippen molar-refractivity contribution in [3.8, 4) is 5.75 Å². The van der Waals surface area contributed by atoms with Gasteiger partial charge < -0.3 is 4.74 Å². The van der Waals surface area contributed by atoms with Gasteiger partial charge in [0.25, 0.3) is 0 Å². The fourth-order valence-corrected chi connectivity index (χ4v) is 2.26.